The number of nitrogens with two attached hydrogens (primary N) is 1. The smallest absolute Gasteiger partial charge is 0.339 e. The van der Waals surface area contributed by atoms with Crippen molar-refractivity contribution < 1.29 is 19.4 Å². The van der Waals surface area contributed by atoms with Gasteiger partial charge in [0.15, 0.2) is 6.61 Å². The maximum absolute atomic E-state index is 12.7. The molecule has 6 nitrogen and oxygen atoms in total. The molecule has 0 spiro atoms. The molecule has 28 heavy (non-hydrogen) atoms. The van der Waals surface area contributed by atoms with E-state index in [1.807, 2.05) is 42.5 Å². The van der Waals surface area contributed by atoms with Crippen molar-refractivity contribution in [2.75, 3.05) is 6.61 Å². The Morgan fingerprint density at radius 1 is 1.11 bits per heavy atom. The van der Waals surface area contributed by atoms with Gasteiger partial charge in [-0.3, -0.25) is 4.79 Å². The average Bonchev–Trinajstić information content (AvgIpc) is 3.08. The predicted molar refractivity (Wildman–Crippen MR) is 106 cm³/mol. The number of phenolic OH excluding ortho intramolecular Hbond substituents is 1. The molecule has 1 aromatic heterocycles. The number of carbonyl (C=O) groups excluding carboxylic acids is 2. The first-order chi connectivity index (χ1) is 13.5. The van der Waals surface area contributed by atoms with Crippen LogP contribution in [-0.4, -0.2) is 28.6 Å². The monoisotopic (exact) mass is 374 g/mol. The Morgan fingerprint density at radius 3 is 2.61 bits per heavy atom. The predicted octanol–water partition coefficient (Wildman–Crippen LogP) is 3.07. The Kier molecular flexibility index (Phi) is 4.53. The number of nitrogens with zero attached hydrogens (tertiary/aromatic N) is 1. The van der Waals surface area contributed by atoms with Gasteiger partial charge in [0.2, 0.25) is 0 Å². The van der Waals surface area contributed by atoms with Gasteiger partial charge in [0, 0.05) is 5.39 Å². The Bertz CT molecular complexity index is 1120. The molecule has 6 heteroatoms. The fraction of sp³-hybridized carbons (Fsp3) is 0.136. The SMILES string of the molecule is NC(=O)COC(=O)c1c2c(nc3ccccc13)/C(=C\c1ccc(O)cc1)CC2. The summed E-state index contributed by atoms with van der Waals surface area (Å²) in [7, 11) is 0. The van der Waals surface area contributed by atoms with E-state index >= 15 is 0 Å². The number of para-hydroxylation sites is 1. The second kappa shape index (κ2) is 7.15. The van der Waals surface area contributed by atoms with E-state index in [2.05, 4.69) is 0 Å². The molecule has 4 rings (SSSR count). The van der Waals surface area contributed by atoms with Crippen LogP contribution in [-0.2, 0) is 16.0 Å². The molecule has 1 aliphatic carbocycles. The minimum absolute atomic E-state index is 0.206. The lowest BCUT2D eigenvalue weighted by Gasteiger charge is -2.11. The summed E-state index contributed by atoms with van der Waals surface area (Å²) in [5.74, 6) is -1.06. The van der Waals surface area contributed by atoms with Crippen LogP contribution in [0.3, 0.4) is 0 Å². The second-order valence-electron chi connectivity index (χ2n) is 6.63. The number of aromatic nitrogens is 1. The number of benzene rings is 2. The molecule has 0 unspecified atom stereocenters. The molecule has 0 aliphatic heterocycles. The van der Waals surface area contributed by atoms with E-state index in [9.17, 15) is 14.7 Å². The first-order valence-electron chi connectivity index (χ1n) is 8.90. The van der Waals surface area contributed by atoms with Crippen molar-refractivity contribution in [1.82, 2.24) is 4.98 Å². The number of pyridine rings is 1. The number of ether oxygens (including phenoxy) is 1. The molecule has 3 aromatic rings. The van der Waals surface area contributed by atoms with Gasteiger partial charge in [-0.2, -0.15) is 0 Å². The highest BCUT2D eigenvalue weighted by Crippen LogP contribution is 2.37. The number of esters is 1. The minimum Gasteiger partial charge on any atom is -0.508 e. The molecule has 1 aliphatic rings. The molecule has 1 heterocycles. The number of primary amides is 1. The van der Waals surface area contributed by atoms with Crippen molar-refractivity contribution in [2.45, 2.75) is 12.8 Å². The van der Waals surface area contributed by atoms with Gasteiger partial charge in [0.25, 0.3) is 5.91 Å². The Hall–Kier alpha value is -3.67. The standard InChI is InChI=1S/C22H18N2O4/c23-19(26)12-28-22(27)20-16-3-1-2-4-18(16)24-21-14(7-10-17(20)21)11-13-5-8-15(25)9-6-13/h1-6,8-9,11,25H,7,10,12H2,(H2,23,26)/b14-11-. The molecule has 1 amide bonds. The molecule has 0 saturated heterocycles. The van der Waals surface area contributed by atoms with Crippen LogP contribution in [0, 0.1) is 0 Å². The molecular weight excluding hydrogens is 356 g/mol. The number of rotatable bonds is 4. The molecule has 3 N–H and O–H groups in total. The van der Waals surface area contributed by atoms with Crippen LogP contribution < -0.4 is 5.73 Å². The third-order valence-electron chi connectivity index (χ3n) is 4.73. The molecule has 0 fully saturated rings. The summed E-state index contributed by atoms with van der Waals surface area (Å²) >= 11 is 0. The van der Waals surface area contributed by atoms with Crippen LogP contribution in [0.15, 0.2) is 48.5 Å². The van der Waals surface area contributed by atoms with E-state index in [1.54, 1.807) is 12.1 Å². The third kappa shape index (κ3) is 3.32. The van der Waals surface area contributed by atoms with E-state index in [4.69, 9.17) is 15.5 Å². The maximum Gasteiger partial charge on any atom is 0.339 e. The molecule has 0 atom stereocenters. The number of hydrogen-bond acceptors (Lipinski definition) is 5. The zero-order valence-corrected chi connectivity index (χ0v) is 15.0. The number of fused-ring (bicyclic) bond motifs is 2. The summed E-state index contributed by atoms with van der Waals surface area (Å²) in [5.41, 5.74) is 9.76. The lowest BCUT2D eigenvalue weighted by atomic mass is 10.0. The van der Waals surface area contributed by atoms with Gasteiger partial charge in [-0.25, -0.2) is 9.78 Å². The summed E-state index contributed by atoms with van der Waals surface area (Å²) in [6.45, 7) is -0.458. The quantitative estimate of drug-likeness (QED) is 0.683. The highest BCUT2D eigenvalue weighted by molar-refractivity contribution is 6.07. The normalized spacial score (nSPS) is 14.2. The van der Waals surface area contributed by atoms with Crippen molar-refractivity contribution >= 4 is 34.4 Å². The molecule has 2 aromatic carbocycles. The fourth-order valence-corrected chi connectivity index (χ4v) is 3.49. The van der Waals surface area contributed by atoms with Crippen molar-refractivity contribution in [3.63, 3.8) is 0 Å². The van der Waals surface area contributed by atoms with Gasteiger partial charge in [-0.1, -0.05) is 30.3 Å². The number of aromatic hydroxyl groups is 1. The van der Waals surface area contributed by atoms with Gasteiger partial charge >= 0.3 is 5.97 Å². The Labute approximate surface area is 161 Å². The minimum atomic E-state index is -0.698. The first-order valence-corrected chi connectivity index (χ1v) is 8.90. The van der Waals surface area contributed by atoms with Crippen LogP contribution in [0.5, 0.6) is 5.75 Å². The van der Waals surface area contributed by atoms with Crippen LogP contribution in [0.4, 0.5) is 0 Å². The van der Waals surface area contributed by atoms with Crippen LogP contribution in [0.25, 0.3) is 22.6 Å². The zero-order chi connectivity index (χ0) is 19.7. The van der Waals surface area contributed by atoms with Gasteiger partial charge in [-0.15, -0.1) is 0 Å². The van der Waals surface area contributed by atoms with E-state index < -0.39 is 18.5 Å². The number of amides is 1. The van der Waals surface area contributed by atoms with E-state index in [0.717, 1.165) is 28.8 Å². The topological polar surface area (TPSA) is 103 Å². The fourth-order valence-electron chi connectivity index (χ4n) is 3.49. The van der Waals surface area contributed by atoms with Gasteiger partial charge in [0.1, 0.15) is 5.75 Å². The number of carbonyl (C=O) groups is 2. The third-order valence-corrected chi connectivity index (χ3v) is 4.73. The Morgan fingerprint density at radius 2 is 1.86 bits per heavy atom. The zero-order valence-electron chi connectivity index (χ0n) is 15.0. The molecule has 140 valence electrons. The molecule has 0 bridgehead atoms. The number of phenols is 1. The van der Waals surface area contributed by atoms with Crippen LogP contribution in [0.1, 0.15) is 33.6 Å². The summed E-state index contributed by atoms with van der Waals surface area (Å²) in [6.07, 6.45) is 3.39. The summed E-state index contributed by atoms with van der Waals surface area (Å²) < 4.78 is 5.10. The van der Waals surface area contributed by atoms with Crippen molar-refractivity contribution in [2.24, 2.45) is 5.73 Å². The number of hydrogen-bond donors (Lipinski definition) is 2. The lowest BCUT2D eigenvalue weighted by molar-refractivity contribution is -0.121. The molecule has 0 saturated carbocycles. The van der Waals surface area contributed by atoms with Crippen LogP contribution >= 0.6 is 0 Å². The molecular formula is C22H18N2O4. The second-order valence-corrected chi connectivity index (χ2v) is 6.63. The summed E-state index contributed by atoms with van der Waals surface area (Å²) in [6, 6.07) is 14.3. The van der Waals surface area contributed by atoms with E-state index in [0.29, 0.717) is 22.9 Å². The van der Waals surface area contributed by atoms with E-state index in [1.165, 1.54) is 0 Å². The average molecular weight is 374 g/mol. The van der Waals surface area contributed by atoms with Gasteiger partial charge in [0.05, 0.1) is 16.8 Å². The van der Waals surface area contributed by atoms with Crippen molar-refractivity contribution in [1.29, 1.82) is 0 Å². The van der Waals surface area contributed by atoms with E-state index in [-0.39, 0.29) is 5.75 Å². The van der Waals surface area contributed by atoms with Crippen molar-refractivity contribution in [3.8, 4) is 5.75 Å². The summed E-state index contributed by atoms with van der Waals surface area (Å²) in [5, 5.41) is 10.2. The van der Waals surface area contributed by atoms with Crippen molar-refractivity contribution in [3.05, 3.63) is 70.9 Å². The highest BCUT2D eigenvalue weighted by atomic mass is 16.5. The Balaban J connectivity index is 1.83. The molecule has 0 radical (unpaired) electrons. The highest BCUT2D eigenvalue weighted by Gasteiger charge is 2.27. The van der Waals surface area contributed by atoms with Gasteiger partial charge in [-0.05, 0) is 53.8 Å². The van der Waals surface area contributed by atoms with Gasteiger partial charge < -0.3 is 15.6 Å². The number of allylic oxidation sites excluding steroid dienone is 1. The largest absolute Gasteiger partial charge is 0.508 e. The first kappa shape index (κ1) is 17.7. The van der Waals surface area contributed by atoms with Crippen LogP contribution in [0.2, 0.25) is 0 Å². The maximum atomic E-state index is 12.7. The summed E-state index contributed by atoms with van der Waals surface area (Å²) in [4.78, 5) is 28.5. The lowest BCUT2D eigenvalue weighted by Crippen LogP contribution is -2.21.